The first-order valence-electron chi connectivity index (χ1n) is 5.85. The van der Waals surface area contributed by atoms with Gasteiger partial charge in [-0.3, -0.25) is 0 Å². The van der Waals surface area contributed by atoms with E-state index in [2.05, 4.69) is 12.1 Å². The Labute approximate surface area is 142 Å². The number of hydroxylamine groups is 2. The van der Waals surface area contributed by atoms with Gasteiger partial charge in [0.25, 0.3) is 0 Å². The molecule has 134 valence electrons. The van der Waals surface area contributed by atoms with E-state index in [1.54, 1.807) is 0 Å². The topological polar surface area (TPSA) is 109 Å². The zero-order valence-electron chi connectivity index (χ0n) is 12.2. The molecule has 0 aliphatic carbocycles. The van der Waals surface area contributed by atoms with Gasteiger partial charge in [0.05, 0.1) is 0 Å². The Morgan fingerprint density at radius 3 is 2.25 bits per heavy atom. The molecule has 0 heterocycles. The molecule has 0 N–H and O–H groups in total. The van der Waals surface area contributed by atoms with Gasteiger partial charge in [-0.2, -0.15) is 0 Å². The number of rotatable bonds is 6. The zero-order valence-corrected chi connectivity index (χ0v) is 15.2. The van der Waals surface area contributed by atoms with Gasteiger partial charge in [0.1, 0.15) is 0 Å². The van der Waals surface area contributed by atoms with Crippen molar-refractivity contribution in [3.63, 3.8) is 0 Å². The van der Waals surface area contributed by atoms with Crippen LogP contribution in [0.3, 0.4) is 0 Å². The molecule has 1 aromatic carbocycles. The van der Waals surface area contributed by atoms with E-state index in [9.17, 15) is 26.4 Å². The minimum absolute atomic E-state index is 0.000165. The molecule has 8 nitrogen and oxygen atoms in total. The second-order valence-corrected chi connectivity index (χ2v) is 10.1. The molecule has 1 amide bonds. The van der Waals surface area contributed by atoms with E-state index in [1.807, 2.05) is 0 Å². The van der Waals surface area contributed by atoms with Crippen molar-refractivity contribution in [2.45, 2.75) is 5.51 Å². The number of carbonyl (C=O) groups is 1. The number of halogens is 4. The van der Waals surface area contributed by atoms with E-state index >= 15 is 0 Å². The Bertz CT molecular complexity index is 750. The second kappa shape index (κ2) is 8.02. The molecule has 13 heteroatoms. The third kappa shape index (κ3) is 4.73. The van der Waals surface area contributed by atoms with Crippen molar-refractivity contribution >= 4 is 40.0 Å². The van der Waals surface area contributed by atoms with E-state index in [0.29, 0.717) is 5.06 Å². The molecule has 0 aromatic heterocycles. The van der Waals surface area contributed by atoms with Gasteiger partial charge < -0.3 is 0 Å². The van der Waals surface area contributed by atoms with E-state index < -0.39 is 45.5 Å². The average Bonchev–Trinajstić information content (AvgIpc) is 2.53. The third-order valence-corrected chi connectivity index (χ3v) is 9.16. The molecule has 0 aliphatic rings. The van der Waals surface area contributed by atoms with Gasteiger partial charge in [-0.05, 0) is 0 Å². The molecule has 1 rings (SSSR count). The Morgan fingerprint density at radius 2 is 1.83 bits per heavy atom. The summed E-state index contributed by atoms with van der Waals surface area (Å²) in [5, 5.41) is 0.562. The summed E-state index contributed by atoms with van der Waals surface area (Å²) in [6.45, 7) is 0. The number of benzene rings is 1. The van der Waals surface area contributed by atoms with E-state index in [-0.39, 0.29) is 3.57 Å². The summed E-state index contributed by atoms with van der Waals surface area (Å²) in [7, 11) is -3.81. The van der Waals surface area contributed by atoms with Crippen LogP contribution in [0, 0.1) is 3.57 Å². The quantitative estimate of drug-likeness (QED) is 0.154. The summed E-state index contributed by atoms with van der Waals surface area (Å²) >= 11 is -4.06. The van der Waals surface area contributed by atoms with E-state index in [1.165, 1.54) is 30.3 Å². The maximum atomic E-state index is 12.6. The molecule has 0 spiro atoms. The van der Waals surface area contributed by atoms with Crippen LogP contribution in [-0.4, -0.2) is 47.6 Å². The molecule has 0 fully saturated rings. The van der Waals surface area contributed by atoms with Gasteiger partial charge in [-0.1, -0.05) is 0 Å². The molecule has 0 saturated heterocycles. The second-order valence-electron chi connectivity index (χ2n) is 3.88. The molecule has 0 aliphatic heterocycles. The van der Waals surface area contributed by atoms with Gasteiger partial charge >= 0.3 is 143 Å². The summed E-state index contributed by atoms with van der Waals surface area (Å²) in [5.74, 6) is -1.13. The molecule has 24 heavy (non-hydrogen) atoms. The van der Waals surface area contributed by atoms with Crippen LogP contribution in [0.4, 0.5) is 13.2 Å². The monoisotopic (exact) mass is 481 g/mol. The fraction of sp³-hybridized carbons (Fsp3) is 0.273. The molecule has 1 aromatic rings. The molecule has 0 unspecified atom stereocenters. The van der Waals surface area contributed by atoms with Crippen LogP contribution in [-0.2, 0) is 22.3 Å². The molecule has 0 atom stereocenters. The van der Waals surface area contributed by atoms with Crippen LogP contribution in [0.2, 0.25) is 0 Å². The van der Waals surface area contributed by atoms with Gasteiger partial charge in [0, 0.05) is 0 Å². The van der Waals surface area contributed by atoms with Crippen LogP contribution >= 0.6 is 20.2 Å². The number of alkyl halides is 3. The predicted octanol–water partition coefficient (Wildman–Crippen LogP) is 1.79. The van der Waals surface area contributed by atoms with Crippen molar-refractivity contribution in [3.8, 4) is 0 Å². The Hall–Kier alpha value is -1.54. The first-order valence-corrected chi connectivity index (χ1v) is 10.3. The van der Waals surface area contributed by atoms with E-state index in [0.717, 1.165) is 14.2 Å². The van der Waals surface area contributed by atoms with Crippen LogP contribution in [0.15, 0.2) is 30.3 Å². The number of carbonyl (C=O) groups excluding carboxylic acids is 1. The van der Waals surface area contributed by atoms with Crippen LogP contribution < -0.4 is 0 Å². The van der Waals surface area contributed by atoms with Gasteiger partial charge in [-0.25, -0.2) is 0 Å². The fourth-order valence-corrected chi connectivity index (χ4v) is 7.33. The first-order chi connectivity index (χ1) is 11.0. The summed E-state index contributed by atoms with van der Waals surface area (Å²) < 4.78 is 63.8. The SMILES string of the molecule is CON(C)C(=O)C(=[N+]=[N-])I(OS(=O)(=O)C(F)(F)F)c1ccccc1. The Kier molecular flexibility index (Phi) is 6.86. The maximum absolute atomic E-state index is 12.6. The standard InChI is InChI=1S/C11H11F3IN3O5S/c1-18(22-2)10(19)9(17-16)15(8-6-4-3-5-7-8)23-24(20,21)11(12,13)14/h3-7H,1-2H3. The summed E-state index contributed by atoms with van der Waals surface area (Å²) in [6, 6.07) is 6.87. The van der Waals surface area contributed by atoms with Crippen LogP contribution in [0.5, 0.6) is 0 Å². The Morgan fingerprint density at radius 1 is 1.29 bits per heavy atom. The normalized spacial score (nSPS) is 12.3. The van der Waals surface area contributed by atoms with Crippen LogP contribution in [0.1, 0.15) is 0 Å². The summed E-state index contributed by atoms with van der Waals surface area (Å²) in [4.78, 5) is 19.3. The van der Waals surface area contributed by atoms with Crippen molar-refractivity contribution in [2.24, 2.45) is 0 Å². The van der Waals surface area contributed by atoms with Crippen molar-refractivity contribution in [1.29, 1.82) is 0 Å². The Balaban J connectivity index is 3.41. The fourth-order valence-electron chi connectivity index (χ4n) is 1.18. The molecule has 0 radical (unpaired) electrons. The van der Waals surface area contributed by atoms with Crippen molar-refractivity contribution in [1.82, 2.24) is 5.06 Å². The molecular formula is C11H11F3IN3O5S. The third-order valence-electron chi connectivity index (χ3n) is 2.35. The van der Waals surface area contributed by atoms with Crippen molar-refractivity contribution < 1.29 is 38.5 Å². The number of amides is 1. The van der Waals surface area contributed by atoms with Gasteiger partial charge in [-0.15, -0.1) is 0 Å². The number of hydrogen-bond donors (Lipinski definition) is 0. The molecular weight excluding hydrogens is 470 g/mol. The van der Waals surface area contributed by atoms with Crippen LogP contribution in [0.25, 0.3) is 5.53 Å². The average molecular weight is 481 g/mol. The van der Waals surface area contributed by atoms with Crippen molar-refractivity contribution in [3.05, 3.63) is 39.4 Å². The first kappa shape index (κ1) is 20.5. The van der Waals surface area contributed by atoms with E-state index in [4.69, 9.17) is 5.53 Å². The number of hydrogen-bond acceptors (Lipinski definition) is 5. The summed E-state index contributed by atoms with van der Waals surface area (Å²) in [6.07, 6.45) is 0. The molecule has 0 saturated carbocycles. The van der Waals surface area contributed by atoms with Gasteiger partial charge in [0.15, 0.2) is 0 Å². The molecule has 0 bridgehead atoms. The predicted molar refractivity (Wildman–Crippen MR) is 83.6 cm³/mol. The van der Waals surface area contributed by atoms with Crippen molar-refractivity contribution in [2.75, 3.05) is 14.2 Å². The summed E-state index contributed by atoms with van der Waals surface area (Å²) in [5.41, 5.74) is 3.35. The minimum atomic E-state index is -6.00. The number of nitrogens with zero attached hydrogens (tertiary/aromatic N) is 3. The zero-order chi connectivity index (χ0) is 18.5. The van der Waals surface area contributed by atoms with Gasteiger partial charge in [0.2, 0.25) is 0 Å².